The molecule has 0 saturated heterocycles. The summed E-state index contributed by atoms with van der Waals surface area (Å²) in [7, 11) is -15.2. The van der Waals surface area contributed by atoms with Gasteiger partial charge in [-0.25, -0.2) is 8.60 Å². The van der Waals surface area contributed by atoms with Crippen LogP contribution in [0.15, 0.2) is 76.4 Å². The van der Waals surface area contributed by atoms with Gasteiger partial charge in [0.05, 0.1) is 16.3 Å². The van der Waals surface area contributed by atoms with E-state index in [0.29, 0.717) is 18.2 Å². The van der Waals surface area contributed by atoms with E-state index in [1.165, 1.54) is 6.92 Å². The highest BCUT2D eigenvalue weighted by atomic mass is 32.2. The molecule has 0 spiro atoms. The van der Waals surface area contributed by atoms with Crippen molar-refractivity contribution < 1.29 is 52.1 Å². The number of rotatable bonds is 8. The van der Waals surface area contributed by atoms with Gasteiger partial charge < -0.3 is 16.0 Å². The van der Waals surface area contributed by atoms with Gasteiger partial charge in [-0.15, -0.1) is 20.5 Å². The third-order valence-corrected chi connectivity index (χ3v) is 8.37. The average molecular weight is 653 g/mol. The fourth-order valence-electron chi connectivity index (χ4n) is 3.10. The topological polar surface area (TPSA) is 302 Å². The molecule has 220 valence electrons. The molecule has 0 bridgehead atoms. The first-order valence-corrected chi connectivity index (χ1v) is 15.7. The normalized spacial score (nSPS) is 13.7. The Morgan fingerprint density at radius 3 is 1.76 bits per heavy atom. The van der Waals surface area contributed by atoms with Crippen LogP contribution in [0.5, 0.6) is 0 Å². The van der Waals surface area contributed by atoms with Crippen LogP contribution in [0, 0.1) is 12.7 Å². The minimum atomic E-state index is -5.12. The second kappa shape index (κ2) is 11.2. The Hall–Kier alpha value is -3.77. The number of anilines is 2. The lowest BCUT2D eigenvalue weighted by Crippen LogP contribution is -2.05. The fraction of sp³-hybridized carbons (Fsp3) is 0.0526. The smallest absolute Gasteiger partial charge is 0.296 e. The molecule has 0 fully saturated rings. The van der Waals surface area contributed by atoms with Crippen LogP contribution in [0.3, 0.4) is 0 Å². The first-order chi connectivity index (χ1) is 18.7. The van der Waals surface area contributed by atoms with Gasteiger partial charge in [0.1, 0.15) is 43.3 Å². The highest BCUT2D eigenvalue weighted by Crippen LogP contribution is 2.43. The summed E-state index contributed by atoms with van der Waals surface area (Å²) in [4.78, 5) is -3.45. The predicted molar refractivity (Wildman–Crippen MR) is 140 cm³/mol. The summed E-state index contributed by atoms with van der Waals surface area (Å²) >= 11 is -2.65. The summed E-state index contributed by atoms with van der Waals surface area (Å²) in [5.74, 6) is -1.02. The fourth-order valence-corrected chi connectivity index (χ4v) is 5.48. The van der Waals surface area contributed by atoms with Crippen molar-refractivity contribution in [3.05, 3.63) is 47.8 Å². The van der Waals surface area contributed by atoms with Crippen molar-refractivity contribution in [2.45, 2.75) is 26.5 Å². The summed E-state index contributed by atoms with van der Waals surface area (Å²) < 4.78 is 134. The lowest BCUT2D eigenvalue weighted by atomic mass is 10.2. The van der Waals surface area contributed by atoms with Gasteiger partial charge in [-0.05, 0) is 48.9 Å². The number of nitrogen functional groups attached to an aromatic ring is 2. The second-order valence-corrected chi connectivity index (χ2v) is 13.0. The van der Waals surface area contributed by atoms with Crippen molar-refractivity contribution in [2.75, 3.05) is 11.5 Å². The molecule has 3 aromatic rings. The highest BCUT2D eigenvalue weighted by Gasteiger charge is 2.24. The molecule has 0 aliphatic heterocycles. The molecule has 8 N–H and O–H groups in total. The van der Waals surface area contributed by atoms with Gasteiger partial charge in [0, 0.05) is 0 Å². The molecule has 0 aromatic heterocycles. The van der Waals surface area contributed by atoms with Gasteiger partial charge in [-0.2, -0.15) is 25.3 Å². The van der Waals surface area contributed by atoms with Crippen molar-refractivity contribution in [3.63, 3.8) is 0 Å². The van der Waals surface area contributed by atoms with Gasteiger partial charge in [0.25, 0.3) is 30.4 Å². The number of hydrogen-bond donors (Lipinski definition) is 6. The molecular formula is C19H17FN6O11S4. The number of azo groups is 2. The van der Waals surface area contributed by atoms with Crippen LogP contribution in [0.2, 0.25) is 0 Å². The monoisotopic (exact) mass is 652 g/mol. The molecule has 0 heterocycles. The zero-order valence-electron chi connectivity index (χ0n) is 20.1. The van der Waals surface area contributed by atoms with Gasteiger partial charge in [0.2, 0.25) is 0 Å². The van der Waals surface area contributed by atoms with Gasteiger partial charge >= 0.3 is 0 Å². The number of halogens is 1. The van der Waals surface area contributed by atoms with E-state index in [4.69, 9.17) is 11.5 Å². The standard InChI is InChI=1S/C19H17FN6O11S4/c1-8-4-12(15(6-10(8)20)40(32,33)34)24-26-19-17(21)13(7-16(18(19)22)41(35,36)37)25-23-11-3-2-9(38(27)28)5-14(11)39(29,30)31/h2-7H,21-22H2,1H3,(H,27,28)(H,29,30,31)(H,32,33,34)(H,35,36,37). The van der Waals surface area contributed by atoms with Crippen LogP contribution in [0.25, 0.3) is 0 Å². The molecule has 41 heavy (non-hydrogen) atoms. The van der Waals surface area contributed by atoms with Gasteiger partial charge in [0.15, 0.2) is 11.1 Å². The van der Waals surface area contributed by atoms with Gasteiger partial charge in [-0.3, -0.25) is 13.7 Å². The molecular weight excluding hydrogens is 636 g/mol. The largest absolute Gasteiger partial charge is 0.396 e. The molecule has 0 aliphatic carbocycles. The molecule has 17 nitrogen and oxygen atoms in total. The van der Waals surface area contributed by atoms with Crippen molar-refractivity contribution in [2.24, 2.45) is 20.5 Å². The number of hydrogen-bond acceptors (Lipinski definition) is 13. The molecule has 22 heteroatoms. The lowest BCUT2D eigenvalue weighted by molar-refractivity contribution is 0.480. The predicted octanol–water partition coefficient (Wildman–Crippen LogP) is 3.45. The number of aryl methyl sites for hydroxylation is 1. The van der Waals surface area contributed by atoms with Crippen LogP contribution in [-0.2, 0) is 41.4 Å². The number of nitrogens with zero attached hydrogens (tertiary/aromatic N) is 4. The highest BCUT2D eigenvalue weighted by molar-refractivity contribution is 7.86. The Kier molecular flexibility index (Phi) is 8.71. The van der Waals surface area contributed by atoms with E-state index in [1.54, 1.807) is 0 Å². The summed E-state index contributed by atoms with van der Waals surface area (Å²) in [5, 5.41) is 14.3. The molecule has 3 rings (SSSR count). The van der Waals surface area contributed by atoms with Crippen molar-refractivity contribution in [1.29, 1.82) is 0 Å². The van der Waals surface area contributed by atoms with Gasteiger partial charge in [-0.1, -0.05) is 0 Å². The van der Waals surface area contributed by atoms with Crippen LogP contribution < -0.4 is 11.5 Å². The second-order valence-electron chi connectivity index (χ2n) is 7.84. The van der Waals surface area contributed by atoms with E-state index in [0.717, 1.165) is 18.2 Å². The maximum atomic E-state index is 13.9. The van der Waals surface area contributed by atoms with Crippen molar-refractivity contribution >= 4 is 75.6 Å². The summed E-state index contributed by atoms with van der Waals surface area (Å²) in [5.41, 5.74) is 7.63. The molecule has 1 unspecified atom stereocenters. The summed E-state index contributed by atoms with van der Waals surface area (Å²) in [6, 6.07) is 4.39. The molecule has 1 atom stereocenters. The zero-order valence-corrected chi connectivity index (χ0v) is 23.3. The molecule has 0 saturated carbocycles. The van der Waals surface area contributed by atoms with E-state index in [2.05, 4.69) is 20.5 Å². The van der Waals surface area contributed by atoms with Crippen LogP contribution in [0.1, 0.15) is 5.56 Å². The minimum absolute atomic E-state index is 0.126. The first kappa shape index (κ1) is 31.8. The van der Waals surface area contributed by atoms with Crippen molar-refractivity contribution in [1.82, 2.24) is 0 Å². The van der Waals surface area contributed by atoms with Crippen LogP contribution in [0.4, 0.5) is 38.5 Å². The quantitative estimate of drug-likeness (QED) is 0.0880. The van der Waals surface area contributed by atoms with E-state index in [1.807, 2.05) is 0 Å². The van der Waals surface area contributed by atoms with Crippen LogP contribution >= 0.6 is 0 Å². The SMILES string of the molecule is Cc1cc(N=Nc2c(N)c(N=Nc3ccc(S(=O)O)cc3S(=O)(=O)O)cc(S(=O)(=O)O)c2N)c(S(=O)(=O)O)cc1F. The first-order valence-electron chi connectivity index (χ1n) is 10.2. The number of nitrogens with two attached hydrogens (primary N) is 2. The zero-order chi connectivity index (χ0) is 31.1. The molecule has 0 radical (unpaired) electrons. The van der Waals surface area contributed by atoms with E-state index in [-0.39, 0.29) is 5.56 Å². The summed E-state index contributed by atoms with van der Waals surface area (Å²) in [6.07, 6.45) is 0. The Morgan fingerprint density at radius 2 is 1.22 bits per heavy atom. The Balaban J connectivity index is 2.27. The minimum Gasteiger partial charge on any atom is -0.396 e. The van der Waals surface area contributed by atoms with E-state index < -0.39 is 101 Å². The summed E-state index contributed by atoms with van der Waals surface area (Å²) in [6.45, 7) is 1.23. The Labute approximate surface area is 233 Å². The van der Waals surface area contributed by atoms with Crippen LogP contribution in [-0.4, -0.2) is 47.7 Å². The maximum absolute atomic E-state index is 13.9. The maximum Gasteiger partial charge on any atom is 0.296 e. The van der Waals surface area contributed by atoms with Crippen molar-refractivity contribution in [3.8, 4) is 0 Å². The van der Waals surface area contributed by atoms with E-state index in [9.17, 15) is 52.1 Å². The molecule has 0 aliphatic rings. The third-order valence-electron chi connectivity index (χ3n) is 5.05. The lowest BCUT2D eigenvalue weighted by Gasteiger charge is -2.11. The molecule has 0 amide bonds. The van der Waals surface area contributed by atoms with E-state index >= 15 is 0 Å². The third kappa shape index (κ3) is 7.12. The molecule has 3 aromatic carbocycles. The Bertz CT molecular complexity index is 2000. The number of benzene rings is 3. The average Bonchev–Trinajstić information content (AvgIpc) is 2.83. The Morgan fingerprint density at radius 1 is 0.707 bits per heavy atom.